The highest BCUT2D eigenvalue weighted by molar-refractivity contribution is 5.72. The van der Waals surface area contributed by atoms with Crippen molar-refractivity contribution in [2.45, 2.75) is 195 Å². The molecule has 2 nitrogen and oxygen atoms in total. The van der Waals surface area contributed by atoms with Crippen LogP contribution in [0.3, 0.4) is 0 Å². The van der Waals surface area contributed by atoms with Gasteiger partial charge in [-0.15, -0.1) is 0 Å². The largest absolute Gasteiger partial charge is 0.465 e. The van der Waals surface area contributed by atoms with Gasteiger partial charge >= 0.3 is 5.97 Å². The van der Waals surface area contributed by atoms with Crippen LogP contribution in [-0.2, 0) is 9.53 Å². The monoisotopic (exact) mass is 509 g/mol. The minimum atomic E-state index is 0.112. The number of carbonyl (C=O) groups is 1. The van der Waals surface area contributed by atoms with Crippen molar-refractivity contribution in [1.29, 1.82) is 0 Å². The molecule has 2 unspecified atom stereocenters. The molecule has 0 radical (unpaired) electrons. The van der Waals surface area contributed by atoms with Crippen LogP contribution >= 0.6 is 0 Å². The summed E-state index contributed by atoms with van der Waals surface area (Å²) < 4.78 is 6.02. The Morgan fingerprint density at radius 3 is 1.22 bits per heavy atom. The third-order valence-electron chi connectivity index (χ3n) is 8.04. The third-order valence-corrected chi connectivity index (χ3v) is 8.04. The first-order chi connectivity index (χ1) is 17.7. The van der Waals surface area contributed by atoms with Crippen LogP contribution in [0.25, 0.3) is 0 Å². The van der Waals surface area contributed by atoms with Crippen molar-refractivity contribution in [1.82, 2.24) is 0 Å². The molecule has 216 valence electrons. The number of unbranched alkanes of at least 4 members (excludes halogenated alkanes) is 18. The van der Waals surface area contributed by atoms with E-state index in [1.807, 2.05) is 0 Å². The third kappa shape index (κ3) is 23.8. The molecule has 0 aromatic heterocycles. The van der Waals surface area contributed by atoms with Crippen molar-refractivity contribution < 1.29 is 9.53 Å². The molecule has 0 N–H and O–H groups in total. The number of ether oxygens (including phenoxy) is 1. The molecular weight excluding hydrogens is 440 g/mol. The number of hydrogen-bond acceptors (Lipinski definition) is 2. The Kier molecular flexibility index (Phi) is 28.6. The van der Waals surface area contributed by atoms with Gasteiger partial charge in [0.2, 0.25) is 0 Å². The lowest BCUT2D eigenvalue weighted by Gasteiger charge is -2.20. The van der Waals surface area contributed by atoms with E-state index in [0.717, 1.165) is 19.3 Å². The van der Waals surface area contributed by atoms with E-state index >= 15 is 0 Å². The molecule has 0 spiro atoms. The number of rotatable bonds is 29. The van der Waals surface area contributed by atoms with Crippen LogP contribution < -0.4 is 0 Å². The maximum atomic E-state index is 13.0. The van der Waals surface area contributed by atoms with Crippen molar-refractivity contribution in [3.63, 3.8) is 0 Å². The van der Waals surface area contributed by atoms with E-state index in [1.54, 1.807) is 0 Å². The van der Waals surface area contributed by atoms with Crippen molar-refractivity contribution in [3.05, 3.63) is 0 Å². The molecule has 0 saturated carbocycles. The van der Waals surface area contributed by atoms with Gasteiger partial charge in [-0.25, -0.2) is 0 Å². The lowest BCUT2D eigenvalue weighted by molar-refractivity contribution is -0.150. The van der Waals surface area contributed by atoms with Crippen LogP contribution in [0.2, 0.25) is 0 Å². The first kappa shape index (κ1) is 35.5. The highest BCUT2D eigenvalue weighted by Gasteiger charge is 2.21. The lowest BCUT2D eigenvalue weighted by Crippen LogP contribution is -2.22. The van der Waals surface area contributed by atoms with Crippen LogP contribution in [0, 0.1) is 11.8 Å². The first-order valence-corrected chi connectivity index (χ1v) is 16.9. The predicted octanol–water partition coefficient (Wildman–Crippen LogP) is 12.0. The van der Waals surface area contributed by atoms with Gasteiger partial charge in [-0.05, 0) is 31.6 Å². The van der Waals surface area contributed by atoms with Crippen molar-refractivity contribution in [2.24, 2.45) is 11.8 Å². The van der Waals surface area contributed by atoms with Gasteiger partial charge in [0.25, 0.3) is 0 Å². The summed E-state index contributed by atoms with van der Waals surface area (Å²) in [7, 11) is 0. The van der Waals surface area contributed by atoms with Crippen LogP contribution in [-0.4, -0.2) is 12.6 Å². The van der Waals surface area contributed by atoms with E-state index in [9.17, 15) is 4.79 Å². The molecule has 2 heteroatoms. The van der Waals surface area contributed by atoms with E-state index in [2.05, 4.69) is 27.7 Å². The molecule has 0 bridgehead atoms. The summed E-state index contributed by atoms with van der Waals surface area (Å²) in [6.45, 7) is 9.74. The quantitative estimate of drug-likeness (QED) is 0.0741. The maximum absolute atomic E-state index is 13.0. The van der Waals surface area contributed by atoms with Crippen molar-refractivity contribution in [3.8, 4) is 0 Å². The molecule has 0 amide bonds. The average molecular weight is 509 g/mol. The van der Waals surface area contributed by atoms with Gasteiger partial charge in [-0.3, -0.25) is 4.79 Å². The van der Waals surface area contributed by atoms with E-state index in [-0.39, 0.29) is 11.9 Å². The van der Waals surface area contributed by atoms with Crippen molar-refractivity contribution in [2.75, 3.05) is 6.61 Å². The number of carbonyl (C=O) groups excluding carboxylic acids is 1. The van der Waals surface area contributed by atoms with E-state index in [4.69, 9.17) is 4.74 Å². The van der Waals surface area contributed by atoms with E-state index in [0.29, 0.717) is 12.5 Å². The SMILES string of the molecule is CCCCCCCCCCCCC(CCCC)C(=O)OCC(CCCCCC)CCCCCCCC. The topological polar surface area (TPSA) is 26.3 Å². The van der Waals surface area contributed by atoms with Gasteiger partial charge in [0.1, 0.15) is 0 Å². The summed E-state index contributed by atoms with van der Waals surface area (Å²) in [5.41, 5.74) is 0. The second kappa shape index (κ2) is 29.0. The van der Waals surface area contributed by atoms with Gasteiger partial charge in [0, 0.05) is 0 Å². The Morgan fingerprint density at radius 1 is 0.444 bits per heavy atom. The molecule has 2 atom stereocenters. The van der Waals surface area contributed by atoms with Gasteiger partial charge < -0.3 is 4.74 Å². The molecule has 0 aliphatic heterocycles. The Morgan fingerprint density at radius 2 is 0.778 bits per heavy atom. The number of hydrogen-bond donors (Lipinski definition) is 0. The van der Waals surface area contributed by atoms with E-state index in [1.165, 1.54) is 148 Å². The Hall–Kier alpha value is -0.530. The molecule has 0 fully saturated rings. The molecule has 36 heavy (non-hydrogen) atoms. The highest BCUT2D eigenvalue weighted by atomic mass is 16.5. The van der Waals surface area contributed by atoms with Gasteiger partial charge in [-0.2, -0.15) is 0 Å². The Bertz CT molecular complexity index is 433. The standard InChI is InChI=1S/C34H68O2/c1-5-9-13-16-18-19-20-21-23-26-30-33(29-12-8-4)34(35)36-31-32(27-24-15-11-7-3)28-25-22-17-14-10-6-2/h32-33H,5-31H2,1-4H3. The zero-order valence-corrected chi connectivity index (χ0v) is 25.6. The minimum absolute atomic E-state index is 0.112. The molecule has 0 aromatic rings. The molecule has 0 saturated heterocycles. The van der Waals surface area contributed by atoms with Crippen LogP contribution in [0.5, 0.6) is 0 Å². The van der Waals surface area contributed by atoms with Gasteiger partial charge in [0.05, 0.1) is 12.5 Å². The zero-order valence-electron chi connectivity index (χ0n) is 25.6. The summed E-state index contributed by atoms with van der Waals surface area (Å²) >= 11 is 0. The fraction of sp³-hybridized carbons (Fsp3) is 0.971. The molecular formula is C34H68O2. The van der Waals surface area contributed by atoms with E-state index < -0.39 is 0 Å². The highest BCUT2D eigenvalue weighted by Crippen LogP contribution is 2.23. The summed E-state index contributed by atoms with van der Waals surface area (Å²) in [5.74, 6) is 0.816. The minimum Gasteiger partial charge on any atom is -0.465 e. The normalized spacial score (nSPS) is 13.1. The molecule has 0 heterocycles. The first-order valence-electron chi connectivity index (χ1n) is 16.9. The van der Waals surface area contributed by atoms with Crippen LogP contribution in [0.4, 0.5) is 0 Å². The van der Waals surface area contributed by atoms with Crippen molar-refractivity contribution >= 4 is 5.97 Å². The fourth-order valence-electron chi connectivity index (χ4n) is 5.41. The van der Waals surface area contributed by atoms with Crippen LogP contribution in [0.1, 0.15) is 195 Å². The second-order valence-electron chi connectivity index (χ2n) is 11.7. The van der Waals surface area contributed by atoms with Gasteiger partial charge in [-0.1, -0.05) is 169 Å². The summed E-state index contributed by atoms with van der Waals surface area (Å²) in [5, 5.41) is 0. The maximum Gasteiger partial charge on any atom is 0.308 e. The Balaban J connectivity index is 4.32. The number of esters is 1. The average Bonchev–Trinajstić information content (AvgIpc) is 2.89. The molecule has 0 rings (SSSR count). The predicted molar refractivity (Wildman–Crippen MR) is 161 cm³/mol. The lowest BCUT2D eigenvalue weighted by atomic mass is 9.94. The molecule has 0 aliphatic rings. The smallest absolute Gasteiger partial charge is 0.308 e. The Labute approximate surface area is 228 Å². The second-order valence-corrected chi connectivity index (χ2v) is 11.7. The molecule has 0 aromatic carbocycles. The summed E-state index contributed by atoms with van der Waals surface area (Å²) in [6, 6.07) is 0. The van der Waals surface area contributed by atoms with Crippen LogP contribution in [0.15, 0.2) is 0 Å². The fourth-order valence-corrected chi connectivity index (χ4v) is 5.41. The molecule has 0 aliphatic carbocycles. The summed E-state index contributed by atoms with van der Waals surface area (Å²) in [4.78, 5) is 13.0. The summed E-state index contributed by atoms with van der Waals surface area (Å²) in [6.07, 6.45) is 33.7. The zero-order chi connectivity index (χ0) is 26.5. The van der Waals surface area contributed by atoms with Gasteiger partial charge in [0.15, 0.2) is 0 Å².